The van der Waals surface area contributed by atoms with Gasteiger partial charge in [0.2, 0.25) is 0 Å². The Hall–Kier alpha value is -0.820. The summed E-state index contributed by atoms with van der Waals surface area (Å²) in [7, 11) is 0. The Labute approximate surface area is 100 Å². The van der Waals surface area contributed by atoms with Crippen molar-refractivity contribution >= 4 is 0 Å². The Morgan fingerprint density at radius 2 is 1.81 bits per heavy atom. The van der Waals surface area contributed by atoms with Gasteiger partial charge in [-0.1, -0.05) is 39.0 Å². The summed E-state index contributed by atoms with van der Waals surface area (Å²) in [5, 5.41) is 3.50. The van der Waals surface area contributed by atoms with E-state index in [0.29, 0.717) is 12.0 Å². The van der Waals surface area contributed by atoms with Crippen LogP contribution in [0.1, 0.15) is 37.5 Å². The van der Waals surface area contributed by atoms with E-state index in [0.717, 1.165) is 6.54 Å². The third-order valence-corrected chi connectivity index (χ3v) is 3.16. The molecule has 0 aromatic heterocycles. The lowest BCUT2D eigenvalue weighted by molar-refractivity contribution is 0.475. The van der Waals surface area contributed by atoms with E-state index < -0.39 is 0 Å². The van der Waals surface area contributed by atoms with Crippen molar-refractivity contribution in [2.75, 3.05) is 6.54 Å². The first-order valence-corrected chi connectivity index (χ1v) is 6.29. The van der Waals surface area contributed by atoms with Gasteiger partial charge in [-0.2, -0.15) is 0 Å². The van der Waals surface area contributed by atoms with Gasteiger partial charge in [0.15, 0.2) is 0 Å². The lowest BCUT2D eigenvalue weighted by Crippen LogP contribution is -2.28. The summed E-state index contributed by atoms with van der Waals surface area (Å²) in [6, 6.07) is 7.20. The number of nitrogens with one attached hydrogen (secondary N) is 1. The predicted octanol–water partition coefficient (Wildman–Crippen LogP) is 3.48. The first-order valence-electron chi connectivity index (χ1n) is 6.29. The van der Waals surface area contributed by atoms with Crippen molar-refractivity contribution in [3.8, 4) is 0 Å². The van der Waals surface area contributed by atoms with Gasteiger partial charge < -0.3 is 5.32 Å². The van der Waals surface area contributed by atoms with Crippen LogP contribution in [0.2, 0.25) is 0 Å². The van der Waals surface area contributed by atoms with Gasteiger partial charge in [0.05, 0.1) is 0 Å². The second kappa shape index (κ2) is 6.05. The molecule has 1 unspecified atom stereocenters. The summed E-state index contributed by atoms with van der Waals surface area (Å²) in [5.74, 6) is 0.697. The normalized spacial score (nSPS) is 13.1. The van der Waals surface area contributed by atoms with Gasteiger partial charge in [0.1, 0.15) is 0 Å². The minimum Gasteiger partial charge on any atom is -0.314 e. The highest BCUT2D eigenvalue weighted by molar-refractivity contribution is 5.33. The van der Waals surface area contributed by atoms with Crippen LogP contribution in [0.25, 0.3) is 0 Å². The average Bonchev–Trinajstić information content (AvgIpc) is 2.22. The monoisotopic (exact) mass is 219 g/mol. The molecule has 0 amide bonds. The molecule has 0 spiro atoms. The Morgan fingerprint density at radius 1 is 1.12 bits per heavy atom. The second-order valence-electron chi connectivity index (χ2n) is 5.23. The van der Waals surface area contributed by atoms with E-state index in [4.69, 9.17) is 0 Å². The maximum absolute atomic E-state index is 3.50. The van der Waals surface area contributed by atoms with E-state index in [1.807, 2.05) is 0 Å². The molecule has 0 saturated carbocycles. The zero-order chi connectivity index (χ0) is 12.1. The van der Waals surface area contributed by atoms with Crippen LogP contribution in [-0.4, -0.2) is 12.6 Å². The quantitative estimate of drug-likeness (QED) is 0.799. The molecule has 1 atom stereocenters. The summed E-state index contributed by atoms with van der Waals surface area (Å²) in [6.45, 7) is 12.2. The summed E-state index contributed by atoms with van der Waals surface area (Å²) in [6.07, 6.45) is 1.17. The van der Waals surface area contributed by atoms with Crippen LogP contribution in [0.3, 0.4) is 0 Å². The molecule has 0 radical (unpaired) electrons. The molecule has 0 aliphatic carbocycles. The van der Waals surface area contributed by atoms with E-state index in [2.05, 4.69) is 58.1 Å². The molecule has 1 aromatic rings. The standard InChI is InChI=1S/C15H25N/c1-11(2)16-10-12(3)9-15-8-6-7-13(4)14(15)5/h6-8,11-12,16H,9-10H2,1-5H3. The van der Waals surface area contributed by atoms with Crippen LogP contribution in [0, 0.1) is 19.8 Å². The van der Waals surface area contributed by atoms with Crippen molar-refractivity contribution < 1.29 is 0 Å². The Morgan fingerprint density at radius 3 is 2.44 bits per heavy atom. The van der Waals surface area contributed by atoms with Gasteiger partial charge in [-0.3, -0.25) is 0 Å². The molecule has 0 bridgehead atoms. The van der Waals surface area contributed by atoms with Crippen LogP contribution in [0.4, 0.5) is 0 Å². The summed E-state index contributed by atoms with van der Waals surface area (Å²) in [4.78, 5) is 0. The number of benzene rings is 1. The van der Waals surface area contributed by atoms with Crippen molar-refractivity contribution in [1.82, 2.24) is 5.32 Å². The average molecular weight is 219 g/mol. The van der Waals surface area contributed by atoms with Gasteiger partial charge in [-0.15, -0.1) is 0 Å². The molecule has 1 N–H and O–H groups in total. The molecule has 16 heavy (non-hydrogen) atoms. The summed E-state index contributed by atoms with van der Waals surface area (Å²) >= 11 is 0. The molecule has 0 aliphatic heterocycles. The van der Waals surface area contributed by atoms with Crippen molar-refractivity contribution in [2.24, 2.45) is 5.92 Å². The van der Waals surface area contributed by atoms with Gasteiger partial charge in [-0.25, -0.2) is 0 Å². The smallest absolute Gasteiger partial charge is 0.00104 e. The number of hydrogen-bond acceptors (Lipinski definition) is 1. The number of aryl methyl sites for hydroxylation is 1. The zero-order valence-corrected chi connectivity index (χ0v) is 11.3. The maximum atomic E-state index is 3.50. The number of rotatable bonds is 5. The van der Waals surface area contributed by atoms with Crippen LogP contribution >= 0.6 is 0 Å². The molecule has 0 saturated heterocycles. The molecular weight excluding hydrogens is 194 g/mol. The fraction of sp³-hybridized carbons (Fsp3) is 0.600. The SMILES string of the molecule is Cc1cccc(CC(C)CNC(C)C)c1C. The van der Waals surface area contributed by atoms with Gasteiger partial charge in [0.25, 0.3) is 0 Å². The van der Waals surface area contributed by atoms with Crippen LogP contribution in [-0.2, 0) is 6.42 Å². The molecule has 0 heterocycles. The van der Waals surface area contributed by atoms with E-state index in [9.17, 15) is 0 Å². The van der Waals surface area contributed by atoms with Crippen molar-refractivity contribution in [2.45, 2.75) is 47.1 Å². The largest absolute Gasteiger partial charge is 0.314 e. The molecule has 0 aliphatic rings. The minimum absolute atomic E-state index is 0.584. The van der Waals surface area contributed by atoms with Gasteiger partial charge in [-0.05, 0) is 49.4 Å². The van der Waals surface area contributed by atoms with E-state index in [-0.39, 0.29) is 0 Å². The first-order chi connectivity index (χ1) is 7.50. The second-order valence-corrected chi connectivity index (χ2v) is 5.23. The third kappa shape index (κ3) is 3.97. The summed E-state index contributed by atoms with van der Waals surface area (Å²) in [5.41, 5.74) is 4.36. The molecule has 1 aromatic carbocycles. The van der Waals surface area contributed by atoms with E-state index in [1.54, 1.807) is 0 Å². The lowest BCUT2D eigenvalue weighted by Gasteiger charge is -2.16. The zero-order valence-electron chi connectivity index (χ0n) is 11.3. The van der Waals surface area contributed by atoms with Crippen molar-refractivity contribution in [3.63, 3.8) is 0 Å². The van der Waals surface area contributed by atoms with Gasteiger partial charge >= 0.3 is 0 Å². The molecule has 1 heteroatoms. The molecule has 1 rings (SSSR count). The summed E-state index contributed by atoms with van der Waals surface area (Å²) < 4.78 is 0. The topological polar surface area (TPSA) is 12.0 Å². The first kappa shape index (κ1) is 13.2. The van der Waals surface area contributed by atoms with E-state index in [1.165, 1.54) is 23.1 Å². The Bertz CT molecular complexity index is 328. The molecular formula is C15H25N. The number of hydrogen-bond donors (Lipinski definition) is 1. The fourth-order valence-corrected chi connectivity index (χ4v) is 1.92. The maximum Gasteiger partial charge on any atom is 0.00104 e. The van der Waals surface area contributed by atoms with Crippen LogP contribution < -0.4 is 5.32 Å². The van der Waals surface area contributed by atoms with Gasteiger partial charge in [0, 0.05) is 6.04 Å². The molecule has 1 nitrogen and oxygen atoms in total. The molecule has 0 fully saturated rings. The highest BCUT2D eigenvalue weighted by atomic mass is 14.9. The lowest BCUT2D eigenvalue weighted by atomic mass is 9.95. The van der Waals surface area contributed by atoms with Crippen LogP contribution in [0.15, 0.2) is 18.2 Å². The highest BCUT2D eigenvalue weighted by Gasteiger charge is 2.07. The molecule has 90 valence electrons. The van der Waals surface area contributed by atoms with Crippen LogP contribution in [0.5, 0.6) is 0 Å². The van der Waals surface area contributed by atoms with Crippen molar-refractivity contribution in [1.29, 1.82) is 0 Å². The van der Waals surface area contributed by atoms with E-state index >= 15 is 0 Å². The Kier molecular flexibility index (Phi) is 5.01. The third-order valence-electron chi connectivity index (χ3n) is 3.16. The predicted molar refractivity (Wildman–Crippen MR) is 71.9 cm³/mol. The van der Waals surface area contributed by atoms with Crippen molar-refractivity contribution in [3.05, 3.63) is 34.9 Å². The fourth-order valence-electron chi connectivity index (χ4n) is 1.92. The minimum atomic E-state index is 0.584. The highest BCUT2D eigenvalue weighted by Crippen LogP contribution is 2.16. The Balaban J connectivity index is 2.56.